The summed E-state index contributed by atoms with van der Waals surface area (Å²) in [4.78, 5) is 40.1. The van der Waals surface area contributed by atoms with Gasteiger partial charge in [-0.05, 0) is 61.2 Å². The topological polar surface area (TPSA) is 113 Å². The van der Waals surface area contributed by atoms with E-state index in [2.05, 4.69) is 5.32 Å². The summed E-state index contributed by atoms with van der Waals surface area (Å²) < 4.78 is 31.1. The number of fused-ring (bicyclic) bond motifs is 1. The Balaban J connectivity index is 1.56. The van der Waals surface area contributed by atoms with Crippen LogP contribution in [0.2, 0.25) is 0 Å². The van der Waals surface area contributed by atoms with Crippen molar-refractivity contribution < 1.29 is 27.5 Å². The molecule has 2 aromatic carbocycles. The van der Waals surface area contributed by atoms with Crippen LogP contribution in [0.3, 0.4) is 0 Å². The quantitative estimate of drug-likeness (QED) is 0.454. The third-order valence-electron chi connectivity index (χ3n) is 6.55. The number of nitrogens with one attached hydrogen (secondary N) is 1. The molecule has 0 bridgehead atoms. The second kappa shape index (κ2) is 8.75. The first-order valence-electron chi connectivity index (χ1n) is 11.1. The van der Waals surface area contributed by atoms with Crippen molar-refractivity contribution in [3.8, 4) is 5.75 Å². The van der Waals surface area contributed by atoms with Crippen molar-refractivity contribution in [1.29, 1.82) is 0 Å². The lowest BCUT2D eigenvalue weighted by Crippen LogP contribution is -2.43. The fourth-order valence-corrected chi connectivity index (χ4v) is 5.67. The number of carbonyl (C=O) groups is 3. The summed E-state index contributed by atoms with van der Waals surface area (Å²) in [7, 11) is -1.85. The third kappa shape index (κ3) is 3.81. The summed E-state index contributed by atoms with van der Waals surface area (Å²) in [5.41, 5.74) is 1.00. The molecule has 1 unspecified atom stereocenters. The molecule has 2 heterocycles. The molecule has 9 nitrogen and oxygen atoms in total. The van der Waals surface area contributed by atoms with Crippen LogP contribution in [0.1, 0.15) is 41.8 Å². The lowest BCUT2D eigenvalue weighted by molar-refractivity contribution is -0.131. The van der Waals surface area contributed by atoms with Crippen molar-refractivity contribution in [3.63, 3.8) is 0 Å². The number of nitrogens with zero attached hydrogens (tertiary/aromatic N) is 2. The van der Waals surface area contributed by atoms with Crippen molar-refractivity contribution in [1.82, 2.24) is 10.2 Å². The Hall–Kier alpha value is -3.40. The van der Waals surface area contributed by atoms with Gasteiger partial charge in [0.25, 0.3) is 5.91 Å². The van der Waals surface area contributed by atoms with E-state index in [4.69, 9.17) is 4.74 Å². The van der Waals surface area contributed by atoms with E-state index in [1.54, 1.807) is 63.4 Å². The van der Waals surface area contributed by atoms with E-state index in [0.717, 1.165) is 10.5 Å². The van der Waals surface area contributed by atoms with Crippen LogP contribution < -0.4 is 14.4 Å². The smallest absolute Gasteiger partial charge is 0.325 e. The highest BCUT2D eigenvalue weighted by Crippen LogP contribution is 2.34. The minimum absolute atomic E-state index is 0.00726. The molecule has 1 atom stereocenters. The molecule has 2 aliphatic rings. The number of carbonyl (C=O) groups excluding carboxylic acids is 3. The van der Waals surface area contributed by atoms with Crippen molar-refractivity contribution in [2.45, 2.75) is 32.2 Å². The molecule has 3 amide bonds. The van der Waals surface area contributed by atoms with Gasteiger partial charge in [0, 0.05) is 12.1 Å². The summed E-state index contributed by atoms with van der Waals surface area (Å²) in [5.74, 6) is -0.266. The molecular formula is C24H27N3O6S. The van der Waals surface area contributed by atoms with E-state index >= 15 is 0 Å². The average Bonchev–Trinajstić information content (AvgIpc) is 3.39. The molecule has 10 heteroatoms. The first-order chi connectivity index (χ1) is 16.2. The highest BCUT2D eigenvalue weighted by Gasteiger charge is 2.51. The van der Waals surface area contributed by atoms with Crippen LogP contribution in [0, 0.1) is 0 Å². The van der Waals surface area contributed by atoms with Crippen LogP contribution in [0.25, 0.3) is 0 Å². The molecule has 0 spiro atoms. The molecule has 4 rings (SSSR count). The van der Waals surface area contributed by atoms with Crippen LogP contribution in [0.5, 0.6) is 5.75 Å². The Morgan fingerprint density at radius 2 is 1.82 bits per heavy atom. The molecule has 1 fully saturated rings. The molecule has 0 radical (unpaired) electrons. The number of amides is 3. The average molecular weight is 486 g/mol. The predicted molar refractivity (Wildman–Crippen MR) is 126 cm³/mol. The minimum atomic E-state index is -3.39. The molecule has 1 saturated heterocycles. The Labute approximate surface area is 198 Å². The van der Waals surface area contributed by atoms with Gasteiger partial charge in [0.1, 0.15) is 11.3 Å². The molecule has 2 aromatic rings. The molecule has 0 aromatic heterocycles. The number of Topliss-reactive ketones (excluding diaryl/α,β-unsaturated/α-hetero) is 1. The highest BCUT2D eigenvalue weighted by molar-refractivity contribution is 7.92. The van der Waals surface area contributed by atoms with Crippen LogP contribution in [0.15, 0.2) is 42.5 Å². The highest BCUT2D eigenvalue weighted by atomic mass is 32.2. The molecule has 1 N–H and O–H groups in total. The monoisotopic (exact) mass is 485 g/mol. The maximum Gasteiger partial charge on any atom is 0.325 e. The number of urea groups is 1. The van der Waals surface area contributed by atoms with Crippen LogP contribution in [-0.2, 0) is 26.8 Å². The van der Waals surface area contributed by atoms with E-state index < -0.39 is 39.8 Å². The number of sulfonamides is 1. The Morgan fingerprint density at radius 1 is 1.12 bits per heavy atom. The van der Waals surface area contributed by atoms with Gasteiger partial charge in [-0.3, -0.25) is 18.8 Å². The zero-order chi connectivity index (χ0) is 24.7. The lowest BCUT2D eigenvalue weighted by atomic mass is 9.87. The van der Waals surface area contributed by atoms with E-state index in [9.17, 15) is 22.8 Å². The standard InChI is InChI=1S/C24H27N3O6S/c1-4-24(18-7-9-19(33-3)10-8-18)22(29)26(23(30)25-24)15-21(28)17-6-11-20-16(14-17)12-13-27(20)34(31,32)5-2/h6-11,14H,4-5,12-13,15H2,1-3H3,(H,25,30). The number of benzene rings is 2. The molecule has 2 aliphatic heterocycles. The van der Waals surface area contributed by atoms with Gasteiger partial charge < -0.3 is 10.1 Å². The van der Waals surface area contributed by atoms with E-state index in [0.29, 0.717) is 42.0 Å². The van der Waals surface area contributed by atoms with Gasteiger partial charge >= 0.3 is 6.03 Å². The zero-order valence-corrected chi connectivity index (χ0v) is 20.1. The number of rotatable bonds is 8. The maximum absolute atomic E-state index is 13.4. The summed E-state index contributed by atoms with van der Waals surface area (Å²) in [6.45, 7) is 3.31. The Kier molecular flexibility index (Phi) is 6.11. The van der Waals surface area contributed by atoms with E-state index in [1.807, 2.05) is 0 Å². The number of methoxy groups -OCH3 is 1. The number of anilines is 1. The first-order valence-corrected chi connectivity index (χ1v) is 12.7. The Bertz CT molecular complexity index is 1260. The van der Waals surface area contributed by atoms with Crippen molar-refractivity contribution >= 4 is 33.4 Å². The van der Waals surface area contributed by atoms with Gasteiger partial charge in [-0.2, -0.15) is 0 Å². The van der Waals surface area contributed by atoms with Crippen molar-refractivity contribution in [2.75, 3.05) is 30.3 Å². The molecule has 0 aliphatic carbocycles. The van der Waals surface area contributed by atoms with Gasteiger partial charge in [0.05, 0.1) is 25.1 Å². The Morgan fingerprint density at radius 3 is 2.44 bits per heavy atom. The lowest BCUT2D eigenvalue weighted by Gasteiger charge is -2.26. The minimum Gasteiger partial charge on any atom is -0.497 e. The van der Waals surface area contributed by atoms with Gasteiger partial charge in [-0.1, -0.05) is 19.1 Å². The zero-order valence-electron chi connectivity index (χ0n) is 19.3. The fourth-order valence-electron chi connectivity index (χ4n) is 4.51. The predicted octanol–water partition coefficient (Wildman–Crippen LogP) is 2.45. The molecule has 0 saturated carbocycles. The second-order valence-corrected chi connectivity index (χ2v) is 10.5. The summed E-state index contributed by atoms with van der Waals surface area (Å²) in [6.07, 6.45) is 0.810. The van der Waals surface area contributed by atoms with Crippen LogP contribution in [0.4, 0.5) is 10.5 Å². The van der Waals surface area contributed by atoms with E-state index in [1.165, 1.54) is 4.31 Å². The summed E-state index contributed by atoms with van der Waals surface area (Å²) >= 11 is 0. The first kappa shape index (κ1) is 23.7. The SMILES string of the molecule is CCC1(c2ccc(OC)cc2)NC(=O)N(CC(=O)c2ccc3c(c2)CCN3S(=O)(=O)CC)C1=O. The molecule has 180 valence electrons. The summed E-state index contributed by atoms with van der Waals surface area (Å²) in [6, 6.07) is 11.1. The number of ketones is 1. The van der Waals surface area contributed by atoms with Gasteiger partial charge in [-0.15, -0.1) is 0 Å². The van der Waals surface area contributed by atoms with Crippen LogP contribution in [-0.4, -0.2) is 57.0 Å². The molecular weight excluding hydrogens is 458 g/mol. The van der Waals surface area contributed by atoms with Gasteiger partial charge in [-0.25, -0.2) is 13.2 Å². The van der Waals surface area contributed by atoms with E-state index in [-0.39, 0.29) is 5.75 Å². The largest absolute Gasteiger partial charge is 0.497 e. The summed E-state index contributed by atoms with van der Waals surface area (Å²) in [5, 5.41) is 2.77. The molecule has 34 heavy (non-hydrogen) atoms. The van der Waals surface area contributed by atoms with Crippen molar-refractivity contribution in [2.24, 2.45) is 0 Å². The maximum atomic E-state index is 13.4. The third-order valence-corrected chi connectivity index (χ3v) is 8.33. The second-order valence-electron chi connectivity index (χ2n) is 8.30. The number of hydrogen-bond acceptors (Lipinski definition) is 6. The number of hydrogen-bond donors (Lipinski definition) is 1. The fraction of sp³-hybridized carbons (Fsp3) is 0.375. The van der Waals surface area contributed by atoms with Crippen LogP contribution >= 0.6 is 0 Å². The normalized spacial score (nSPS) is 19.9. The number of imide groups is 1. The van der Waals surface area contributed by atoms with Crippen molar-refractivity contribution in [3.05, 3.63) is 59.2 Å². The van der Waals surface area contributed by atoms with Gasteiger partial charge in [0.2, 0.25) is 10.0 Å². The van der Waals surface area contributed by atoms with Gasteiger partial charge in [0.15, 0.2) is 5.78 Å². The number of ether oxygens (including phenoxy) is 1.